The van der Waals surface area contributed by atoms with E-state index in [9.17, 15) is 19.5 Å². The van der Waals surface area contributed by atoms with E-state index < -0.39 is 16.8 Å². The number of nitrogens with zero attached hydrogens (tertiary/aromatic N) is 1. The Morgan fingerprint density at radius 3 is 2.37 bits per heavy atom. The zero-order valence-corrected chi connectivity index (χ0v) is 24.3. The van der Waals surface area contributed by atoms with E-state index in [2.05, 4.69) is 39.5 Å². The first-order valence-electron chi connectivity index (χ1n) is 14.7. The summed E-state index contributed by atoms with van der Waals surface area (Å²) < 4.78 is 0. The van der Waals surface area contributed by atoms with Crippen LogP contribution in [0.5, 0.6) is 0 Å². The summed E-state index contributed by atoms with van der Waals surface area (Å²) in [7, 11) is 0. The van der Waals surface area contributed by atoms with Crippen LogP contribution in [0.3, 0.4) is 0 Å². The van der Waals surface area contributed by atoms with Crippen LogP contribution in [0.15, 0.2) is 23.4 Å². The van der Waals surface area contributed by atoms with Gasteiger partial charge in [-0.25, -0.2) is 4.85 Å². The number of allylic oxidation sites excluding steroid dienone is 4. The molecule has 3 fully saturated rings. The quantitative estimate of drug-likeness (QED) is 0.398. The first-order chi connectivity index (χ1) is 17.6. The van der Waals surface area contributed by atoms with Gasteiger partial charge in [0.15, 0.2) is 11.6 Å². The average molecular weight is 520 g/mol. The second kappa shape index (κ2) is 8.39. The van der Waals surface area contributed by atoms with E-state index in [0.717, 1.165) is 44.1 Å². The number of rotatable bonds is 3. The van der Waals surface area contributed by atoms with E-state index in [4.69, 9.17) is 6.57 Å². The summed E-state index contributed by atoms with van der Waals surface area (Å²) in [5.41, 5.74) is -0.400. The molecule has 5 heteroatoms. The summed E-state index contributed by atoms with van der Waals surface area (Å²) in [5, 5.41) is 9.59. The van der Waals surface area contributed by atoms with Gasteiger partial charge in [0.2, 0.25) is 5.70 Å². The first kappa shape index (κ1) is 27.4. The summed E-state index contributed by atoms with van der Waals surface area (Å²) in [4.78, 5) is 43.0. The molecule has 0 heterocycles. The molecule has 38 heavy (non-hydrogen) atoms. The highest BCUT2D eigenvalue weighted by molar-refractivity contribution is 6.03. The summed E-state index contributed by atoms with van der Waals surface area (Å²) in [6, 6.07) is 0. The highest BCUT2D eigenvalue weighted by Crippen LogP contribution is 2.75. The summed E-state index contributed by atoms with van der Waals surface area (Å²) in [5.74, 6) is 0.341. The summed E-state index contributed by atoms with van der Waals surface area (Å²) in [6.07, 6.45) is 10.5. The van der Waals surface area contributed by atoms with Gasteiger partial charge in [0.05, 0.1) is 6.57 Å². The number of carboxylic acid groups (broad SMARTS) is 1. The molecular weight excluding hydrogens is 474 g/mol. The van der Waals surface area contributed by atoms with Crippen LogP contribution in [0.25, 0.3) is 4.85 Å². The number of hydrogen-bond donors (Lipinski definition) is 1. The van der Waals surface area contributed by atoms with Crippen LogP contribution in [0.4, 0.5) is 0 Å². The standard InChI is InChI=1S/C33H45NO4/c1-19-9-13-33(14-11-25(36)37)16-15-32(7)27(26(33)20(19)2)22(35)17-24-30(5)18-21(34-8)28(38)29(3,4)23(30)10-12-31(24,32)6/h17-20,23,26-27H,9-16H2,1-7H3,(H,36,37)/t19-,20+,23+,26+,27-,30+,31-,32-,33+/m1/s1. The highest BCUT2D eigenvalue weighted by Gasteiger charge is 2.69. The molecule has 0 aromatic heterocycles. The lowest BCUT2D eigenvalue weighted by atomic mass is 9.33. The number of carbonyl (C=O) groups excluding carboxylic acids is 2. The predicted octanol–water partition coefficient (Wildman–Crippen LogP) is 7.28. The van der Waals surface area contributed by atoms with E-state index in [1.807, 2.05) is 26.0 Å². The molecule has 1 N–H and O–H groups in total. The number of Topliss-reactive ketones (excluding diaryl/α,β-unsaturated/α-hetero) is 1. The third kappa shape index (κ3) is 3.31. The lowest BCUT2D eigenvalue weighted by molar-refractivity contribution is -0.179. The van der Waals surface area contributed by atoms with E-state index in [1.54, 1.807) is 0 Å². The number of fused-ring (bicyclic) bond motifs is 7. The molecule has 9 atom stereocenters. The van der Waals surface area contributed by atoms with Gasteiger partial charge in [-0.05, 0) is 90.9 Å². The largest absolute Gasteiger partial charge is 0.481 e. The van der Waals surface area contributed by atoms with Crippen LogP contribution >= 0.6 is 0 Å². The number of carboxylic acids is 1. The normalized spacial score (nSPS) is 47.4. The van der Waals surface area contributed by atoms with Crippen LogP contribution in [0.2, 0.25) is 0 Å². The van der Waals surface area contributed by atoms with Gasteiger partial charge in [-0.15, -0.1) is 0 Å². The van der Waals surface area contributed by atoms with Crippen molar-refractivity contribution in [3.05, 3.63) is 34.8 Å². The topological polar surface area (TPSA) is 75.8 Å². The molecule has 0 amide bonds. The Hall–Kier alpha value is -2.22. The maximum absolute atomic E-state index is 14.5. The monoisotopic (exact) mass is 519 g/mol. The van der Waals surface area contributed by atoms with Gasteiger partial charge in [-0.3, -0.25) is 9.59 Å². The van der Waals surface area contributed by atoms with Crippen molar-refractivity contribution in [3.8, 4) is 0 Å². The lowest BCUT2D eigenvalue weighted by Crippen LogP contribution is -2.65. The fraction of sp³-hybridized carbons (Fsp3) is 0.758. The first-order valence-corrected chi connectivity index (χ1v) is 14.7. The van der Waals surface area contributed by atoms with Crippen LogP contribution in [0.1, 0.15) is 99.8 Å². The molecule has 206 valence electrons. The predicted molar refractivity (Wildman–Crippen MR) is 147 cm³/mol. The van der Waals surface area contributed by atoms with E-state index in [1.165, 1.54) is 0 Å². The van der Waals surface area contributed by atoms with Crippen LogP contribution in [-0.4, -0.2) is 22.6 Å². The Balaban J connectivity index is 1.68. The van der Waals surface area contributed by atoms with Crippen molar-refractivity contribution >= 4 is 17.5 Å². The molecule has 5 nitrogen and oxygen atoms in total. The maximum Gasteiger partial charge on any atom is 0.303 e. The molecule has 0 spiro atoms. The zero-order valence-electron chi connectivity index (χ0n) is 24.3. The Morgan fingerprint density at radius 2 is 1.74 bits per heavy atom. The van der Waals surface area contributed by atoms with Gasteiger partial charge >= 0.3 is 5.97 Å². The summed E-state index contributed by atoms with van der Waals surface area (Å²) >= 11 is 0. The summed E-state index contributed by atoms with van der Waals surface area (Å²) in [6.45, 7) is 23.2. The second-order valence-corrected chi connectivity index (χ2v) is 14.9. The van der Waals surface area contributed by atoms with Gasteiger partial charge in [-0.2, -0.15) is 0 Å². The van der Waals surface area contributed by atoms with E-state index in [-0.39, 0.29) is 57.7 Å². The fourth-order valence-corrected chi connectivity index (χ4v) is 10.7. The van der Waals surface area contributed by atoms with Crippen LogP contribution in [-0.2, 0) is 14.4 Å². The molecule has 5 rings (SSSR count). The fourth-order valence-electron chi connectivity index (χ4n) is 10.7. The van der Waals surface area contributed by atoms with Crippen LogP contribution < -0.4 is 0 Å². The van der Waals surface area contributed by atoms with E-state index >= 15 is 0 Å². The van der Waals surface area contributed by atoms with Gasteiger partial charge < -0.3 is 9.90 Å². The Morgan fingerprint density at radius 1 is 1.05 bits per heavy atom. The van der Waals surface area contributed by atoms with E-state index in [0.29, 0.717) is 18.3 Å². The Kier molecular flexibility index (Phi) is 6.04. The molecule has 0 aromatic rings. The van der Waals surface area contributed by atoms with Crippen LogP contribution in [0, 0.1) is 63.2 Å². The van der Waals surface area contributed by atoms with Crippen molar-refractivity contribution in [3.63, 3.8) is 0 Å². The van der Waals surface area contributed by atoms with Crippen molar-refractivity contribution in [2.75, 3.05) is 0 Å². The van der Waals surface area contributed by atoms with Gasteiger partial charge in [-0.1, -0.05) is 60.1 Å². The Labute approximate surface area is 228 Å². The van der Waals surface area contributed by atoms with Crippen molar-refractivity contribution in [1.29, 1.82) is 0 Å². The van der Waals surface area contributed by atoms with Gasteiger partial charge in [0, 0.05) is 23.2 Å². The molecule has 3 saturated carbocycles. The van der Waals surface area contributed by atoms with Gasteiger partial charge in [0.25, 0.3) is 0 Å². The number of carbonyl (C=O) groups is 3. The van der Waals surface area contributed by atoms with Crippen molar-refractivity contribution in [1.82, 2.24) is 0 Å². The maximum atomic E-state index is 14.5. The number of ketones is 2. The highest BCUT2D eigenvalue weighted by atomic mass is 16.4. The molecule has 0 aromatic carbocycles. The third-order valence-corrected chi connectivity index (χ3v) is 13.2. The zero-order chi connectivity index (χ0) is 28.1. The van der Waals surface area contributed by atoms with Gasteiger partial charge in [0.1, 0.15) is 0 Å². The molecule has 0 radical (unpaired) electrons. The molecule has 5 aliphatic rings. The third-order valence-electron chi connectivity index (χ3n) is 13.2. The number of aliphatic carboxylic acids is 1. The average Bonchev–Trinajstić information content (AvgIpc) is 2.84. The molecule has 0 unspecified atom stereocenters. The Bertz CT molecular complexity index is 1200. The SMILES string of the molecule is [C-]#[N+]C1=C[C@]2(C)C3=CC(=O)[C@@H]4[C@@H]5[C@@H](C)[C@H](C)CC[C@]5(CCC(=O)O)CC[C@@]4(C)[C@]3(C)CC[C@H]2C(C)(C)C1=O. The van der Waals surface area contributed by atoms with Crippen molar-refractivity contribution in [2.24, 2.45) is 56.7 Å². The molecule has 5 aliphatic carbocycles. The minimum Gasteiger partial charge on any atom is -0.481 e. The molecule has 0 aliphatic heterocycles. The van der Waals surface area contributed by atoms with Crippen molar-refractivity contribution in [2.45, 2.75) is 99.8 Å². The second-order valence-electron chi connectivity index (χ2n) is 14.9. The number of hydrogen-bond acceptors (Lipinski definition) is 3. The smallest absolute Gasteiger partial charge is 0.303 e. The molecule has 0 saturated heterocycles. The minimum atomic E-state index is -0.745. The lowest BCUT2D eigenvalue weighted by Gasteiger charge is -2.70. The van der Waals surface area contributed by atoms with Crippen molar-refractivity contribution < 1.29 is 19.5 Å². The molecule has 0 bridgehead atoms. The molecular formula is C33H45NO4. The minimum absolute atomic E-state index is 0.0483.